The van der Waals surface area contributed by atoms with E-state index in [1.165, 1.54) is 0 Å². The van der Waals surface area contributed by atoms with Crippen LogP contribution in [0.25, 0.3) is 0 Å². The molecule has 2 N–H and O–H groups in total. The fraction of sp³-hybridized carbons (Fsp3) is 0.538. The average molecular weight is 266 g/mol. The number of nitro groups is 1. The van der Waals surface area contributed by atoms with Crippen LogP contribution in [-0.4, -0.2) is 43.0 Å². The van der Waals surface area contributed by atoms with Crippen molar-refractivity contribution in [3.05, 3.63) is 28.3 Å². The zero-order chi connectivity index (χ0) is 14.4. The van der Waals surface area contributed by atoms with Gasteiger partial charge in [-0.25, -0.2) is 0 Å². The minimum atomic E-state index is -0.374. The number of hydrogen-bond donors (Lipinski definition) is 2. The number of nitrogens with one attached hydrogen (secondary N) is 2. The first kappa shape index (κ1) is 15.2. The highest BCUT2D eigenvalue weighted by molar-refractivity contribution is 5.63. The van der Waals surface area contributed by atoms with E-state index in [0.717, 1.165) is 24.5 Å². The van der Waals surface area contributed by atoms with Crippen molar-refractivity contribution >= 4 is 17.1 Å². The van der Waals surface area contributed by atoms with Crippen LogP contribution in [-0.2, 0) is 0 Å². The topological polar surface area (TPSA) is 70.4 Å². The minimum Gasteiger partial charge on any atom is -0.385 e. The highest BCUT2D eigenvalue weighted by atomic mass is 16.6. The van der Waals surface area contributed by atoms with E-state index < -0.39 is 0 Å². The maximum Gasteiger partial charge on any atom is 0.273 e. The van der Waals surface area contributed by atoms with Crippen molar-refractivity contribution in [1.82, 2.24) is 4.90 Å². The van der Waals surface area contributed by atoms with Gasteiger partial charge in [0.15, 0.2) is 0 Å². The van der Waals surface area contributed by atoms with Gasteiger partial charge in [-0.05, 0) is 34.0 Å². The van der Waals surface area contributed by atoms with Gasteiger partial charge in [-0.3, -0.25) is 10.1 Å². The van der Waals surface area contributed by atoms with E-state index in [9.17, 15) is 10.1 Å². The highest BCUT2D eigenvalue weighted by Crippen LogP contribution is 2.24. The number of hydrogen-bond acceptors (Lipinski definition) is 5. The van der Waals surface area contributed by atoms with Crippen molar-refractivity contribution in [2.75, 3.05) is 37.8 Å². The van der Waals surface area contributed by atoms with E-state index in [0.29, 0.717) is 6.04 Å². The molecule has 1 aromatic rings. The Morgan fingerprint density at radius 2 is 1.84 bits per heavy atom. The summed E-state index contributed by atoms with van der Waals surface area (Å²) >= 11 is 0. The summed E-state index contributed by atoms with van der Waals surface area (Å²) in [5.41, 5.74) is 1.62. The number of benzene rings is 1. The summed E-state index contributed by atoms with van der Waals surface area (Å²) in [7, 11) is 4.01. The Hall–Kier alpha value is -1.82. The Balaban J connectivity index is 2.84. The lowest BCUT2D eigenvalue weighted by Gasteiger charge is -2.20. The van der Waals surface area contributed by atoms with Gasteiger partial charge in [-0.2, -0.15) is 0 Å². The van der Waals surface area contributed by atoms with Crippen LogP contribution in [0.5, 0.6) is 0 Å². The first-order valence-electron chi connectivity index (χ1n) is 6.37. The first-order chi connectivity index (χ1) is 8.93. The summed E-state index contributed by atoms with van der Waals surface area (Å²) in [6, 6.07) is 5.34. The highest BCUT2D eigenvalue weighted by Gasteiger charge is 2.10. The Bertz CT molecular complexity index is 435. The van der Waals surface area contributed by atoms with Crippen LogP contribution in [0.3, 0.4) is 0 Å². The van der Waals surface area contributed by atoms with Gasteiger partial charge in [0.2, 0.25) is 0 Å². The SMILES string of the molecule is CCNc1cc(NCC(C)N(C)C)cc([N+](=O)[O-])c1. The van der Waals surface area contributed by atoms with Crippen molar-refractivity contribution in [3.8, 4) is 0 Å². The zero-order valence-corrected chi connectivity index (χ0v) is 11.9. The molecule has 0 heterocycles. The summed E-state index contributed by atoms with van der Waals surface area (Å²) in [6.45, 7) is 5.52. The molecule has 1 rings (SSSR count). The molecule has 0 radical (unpaired) electrons. The van der Waals surface area contributed by atoms with Gasteiger partial charge in [0.05, 0.1) is 4.92 Å². The van der Waals surface area contributed by atoms with Crippen molar-refractivity contribution in [1.29, 1.82) is 0 Å². The van der Waals surface area contributed by atoms with Gasteiger partial charge >= 0.3 is 0 Å². The maximum atomic E-state index is 10.9. The van der Waals surface area contributed by atoms with Crippen LogP contribution in [0.1, 0.15) is 13.8 Å². The molecule has 0 bridgehead atoms. The number of non-ortho nitro benzene ring substituents is 1. The Kier molecular flexibility index (Phi) is 5.57. The van der Waals surface area contributed by atoms with E-state index >= 15 is 0 Å². The van der Waals surface area contributed by atoms with Crippen LogP contribution < -0.4 is 10.6 Å². The van der Waals surface area contributed by atoms with Gasteiger partial charge in [-0.15, -0.1) is 0 Å². The molecular weight excluding hydrogens is 244 g/mol. The maximum absolute atomic E-state index is 10.9. The van der Waals surface area contributed by atoms with Crippen LogP contribution in [0, 0.1) is 10.1 Å². The normalized spacial score (nSPS) is 12.3. The van der Waals surface area contributed by atoms with Gasteiger partial charge in [0.1, 0.15) is 0 Å². The van der Waals surface area contributed by atoms with Gasteiger partial charge in [0.25, 0.3) is 5.69 Å². The molecule has 0 aromatic heterocycles. The quantitative estimate of drug-likeness (QED) is 0.585. The number of anilines is 2. The van der Waals surface area contributed by atoms with Gasteiger partial charge in [-0.1, -0.05) is 0 Å². The Morgan fingerprint density at radius 1 is 1.26 bits per heavy atom. The molecular formula is C13H22N4O2. The molecule has 6 nitrogen and oxygen atoms in total. The largest absolute Gasteiger partial charge is 0.385 e. The van der Waals surface area contributed by atoms with Crippen molar-refractivity contribution in [3.63, 3.8) is 0 Å². The predicted molar refractivity (Wildman–Crippen MR) is 78.9 cm³/mol. The standard InChI is InChI=1S/C13H22N4O2/c1-5-14-11-6-12(8-13(7-11)17(18)19)15-9-10(2)16(3)4/h6-8,10,14-15H,5,9H2,1-4H3. The first-order valence-corrected chi connectivity index (χ1v) is 6.37. The predicted octanol–water partition coefficient (Wildman–Crippen LogP) is 2.39. The molecule has 0 spiro atoms. The molecule has 106 valence electrons. The van der Waals surface area contributed by atoms with Crippen LogP contribution in [0.15, 0.2) is 18.2 Å². The van der Waals surface area contributed by atoms with Crippen molar-refractivity contribution in [2.45, 2.75) is 19.9 Å². The molecule has 6 heteroatoms. The molecule has 0 aliphatic carbocycles. The third-order valence-electron chi connectivity index (χ3n) is 2.99. The average Bonchev–Trinajstić information content (AvgIpc) is 2.35. The zero-order valence-electron chi connectivity index (χ0n) is 11.9. The number of likely N-dealkylation sites (N-methyl/N-ethyl adjacent to an activating group) is 1. The monoisotopic (exact) mass is 266 g/mol. The third kappa shape index (κ3) is 4.75. The molecule has 0 saturated carbocycles. The van der Waals surface area contributed by atoms with Crippen molar-refractivity contribution in [2.24, 2.45) is 0 Å². The molecule has 19 heavy (non-hydrogen) atoms. The Morgan fingerprint density at radius 3 is 2.32 bits per heavy atom. The molecule has 1 atom stereocenters. The number of nitro benzene ring substituents is 1. The van der Waals surface area contributed by atoms with E-state index in [-0.39, 0.29) is 10.6 Å². The van der Waals surface area contributed by atoms with E-state index in [2.05, 4.69) is 22.5 Å². The van der Waals surface area contributed by atoms with E-state index in [4.69, 9.17) is 0 Å². The lowest BCUT2D eigenvalue weighted by atomic mass is 10.2. The Labute approximate surface area is 113 Å². The molecule has 0 aliphatic rings. The number of nitrogens with zero attached hydrogens (tertiary/aromatic N) is 2. The van der Waals surface area contributed by atoms with Crippen molar-refractivity contribution < 1.29 is 4.92 Å². The third-order valence-corrected chi connectivity index (χ3v) is 2.99. The molecule has 0 fully saturated rings. The fourth-order valence-electron chi connectivity index (χ4n) is 1.57. The second kappa shape index (κ2) is 6.94. The smallest absolute Gasteiger partial charge is 0.273 e. The molecule has 0 aliphatic heterocycles. The second-order valence-corrected chi connectivity index (χ2v) is 4.75. The molecule has 0 amide bonds. The molecule has 1 aromatic carbocycles. The van der Waals surface area contributed by atoms with Gasteiger partial charge in [0, 0.05) is 42.6 Å². The second-order valence-electron chi connectivity index (χ2n) is 4.75. The summed E-state index contributed by atoms with van der Waals surface area (Å²) < 4.78 is 0. The summed E-state index contributed by atoms with van der Waals surface area (Å²) in [4.78, 5) is 12.6. The minimum absolute atomic E-state index is 0.0958. The lowest BCUT2D eigenvalue weighted by Crippen LogP contribution is -2.31. The van der Waals surface area contributed by atoms with E-state index in [1.807, 2.05) is 27.1 Å². The summed E-state index contributed by atoms with van der Waals surface area (Å²) in [5.74, 6) is 0. The van der Waals surface area contributed by atoms with Crippen LogP contribution in [0.2, 0.25) is 0 Å². The summed E-state index contributed by atoms with van der Waals surface area (Å²) in [5, 5.41) is 17.2. The fourth-order valence-corrected chi connectivity index (χ4v) is 1.57. The van der Waals surface area contributed by atoms with Crippen LogP contribution >= 0.6 is 0 Å². The molecule has 0 saturated heterocycles. The van der Waals surface area contributed by atoms with Gasteiger partial charge < -0.3 is 15.5 Å². The number of rotatable bonds is 7. The molecule has 1 unspecified atom stereocenters. The van der Waals surface area contributed by atoms with Crippen LogP contribution in [0.4, 0.5) is 17.1 Å². The lowest BCUT2D eigenvalue weighted by molar-refractivity contribution is -0.384. The van der Waals surface area contributed by atoms with E-state index in [1.54, 1.807) is 12.1 Å². The summed E-state index contributed by atoms with van der Waals surface area (Å²) in [6.07, 6.45) is 0.